The quantitative estimate of drug-likeness (QED) is 0.180. The molecule has 8 heteroatoms. The molecule has 0 saturated carbocycles. The largest absolute Gasteiger partial charge is 0.484 e. The molecule has 0 aliphatic carbocycles. The number of halogens is 1. The zero-order valence-corrected chi connectivity index (χ0v) is 20.5. The Labute approximate surface area is 203 Å². The number of nitrogens with one attached hydrogen (secondary N) is 1. The van der Waals surface area contributed by atoms with Crippen LogP contribution in [0.25, 0.3) is 0 Å². The molecule has 0 amide bonds. The summed E-state index contributed by atoms with van der Waals surface area (Å²) in [7, 11) is 1.62. The minimum atomic E-state index is -0.475. The van der Waals surface area contributed by atoms with Crippen molar-refractivity contribution in [2.75, 3.05) is 27.1 Å². The summed E-state index contributed by atoms with van der Waals surface area (Å²) in [5, 5.41) is 3.58. The fourth-order valence-corrected chi connectivity index (χ4v) is 3.90. The first-order chi connectivity index (χ1) is 16.0. The van der Waals surface area contributed by atoms with Gasteiger partial charge in [0.15, 0.2) is 12.9 Å². The normalized spacial score (nSPS) is 17.7. The minimum absolute atomic E-state index is 0.114. The van der Waals surface area contributed by atoms with E-state index in [1.807, 2.05) is 30.3 Å². The number of esters is 1. The van der Waals surface area contributed by atoms with E-state index in [1.165, 1.54) is 6.92 Å². The van der Waals surface area contributed by atoms with E-state index in [1.54, 1.807) is 13.2 Å². The Kier molecular flexibility index (Phi) is 9.75. The average molecular weight is 520 g/mol. The van der Waals surface area contributed by atoms with Gasteiger partial charge in [-0.2, -0.15) is 0 Å². The topological polar surface area (TPSA) is 75.3 Å². The molecule has 1 N–H and O–H groups in total. The van der Waals surface area contributed by atoms with Crippen LogP contribution in [-0.4, -0.2) is 45.3 Å². The first-order valence-corrected chi connectivity index (χ1v) is 11.6. The zero-order valence-electron chi connectivity index (χ0n) is 18.9. The van der Waals surface area contributed by atoms with Crippen LogP contribution in [-0.2, 0) is 25.5 Å². The average Bonchev–Trinajstić information content (AvgIpc) is 3.16. The number of fused-ring (bicyclic) bond motifs is 1. The number of methoxy groups -OCH3 is 1. The molecular formula is C25H30BrNO6. The van der Waals surface area contributed by atoms with Gasteiger partial charge in [-0.15, -0.1) is 6.58 Å². The van der Waals surface area contributed by atoms with Crippen molar-refractivity contribution in [1.29, 1.82) is 0 Å². The summed E-state index contributed by atoms with van der Waals surface area (Å²) in [4.78, 5) is 11.7. The van der Waals surface area contributed by atoms with Crippen LogP contribution in [0.2, 0.25) is 0 Å². The fraction of sp³-hybridized carbons (Fsp3) is 0.400. The van der Waals surface area contributed by atoms with E-state index in [0.29, 0.717) is 37.7 Å². The molecule has 0 bridgehead atoms. The second kappa shape index (κ2) is 12.7. The number of carbonyl (C=O) groups excluding carboxylic acids is 1. The van der Waals surface area contributed by atoms with Gasteiger partial charge in [0.2, 0.25) is 0 Å². The first kappa shape index (κ1) is 25.2. The lowest BCUT2D eigenvalue weighted by Gasteiger charge is -2.27. The number of hydrogen-bond acceptors (Lipinski definition) is 7. The molecule has 1 aliphatic rings. The zero-order chi connectivity index (χ0) is 23.6. The van der Waals surface area contributed by atoms with Crippen molar-refractivity contribution in [3.63, 3.8) is 0 Å². The van der Waals surface area contributed by atoms with Crippen molar-refractivity contribution in [3.05, 3.63) is 70.7 Å². The first-order valence-electron chi connectivity index (χ1n) is 10.8. The van der Waals surface area contributed by atoms with Crippen molar-refractivity contribution in [2.24, 2.45) is 0 Å². The van der Waals surface area contributed by atoms with Crippen LogP contribution in [0.4, 0.5) is 0 Å². The molecule has 0 saturated heterocycles. The van der Waals surface area contributed by atoms with E-state index in [0.717, 1.165) is 15.6 Å². The minimum Gasteiger partial charge on any atom is -0.484 e. The highest BCUT2D eigenvalue weighted by atomic mass is 79.9. The number of hydrogen-bond donors (Lipinski definition) is 1. The molecule has 7 nitrogen and oxygen atoms in total. The highest BCUT2D eigenvalue weighted by molar-refractivity contribution is 9.10. The molecule has 0 unspecified atom stereocenters. The van der Waals surface area contributed by atoms with Gasteiger partial charge < -0.3 is 29.0 Å². The van der Waals surface area contributed by atoms with E-state index in [9.17, 15) is 4.79 Å². The molecule has 2 aromatic rings. The maximum Gasteiger partial charge on any atom is 0.303 e. The SMILES string of the molecule is C=CC[C@H](OC(C)=O)[C@H]1Oc2cc(OCOCCOC)ccc2[C@@H]1NCc1ccc(Br)cc1. The monoisotopic (exact) mass is 519 g/mol. The lowest BCUT2D eigenvalue weighted by Crippen LogP contribution is -2.41. The Morgan fingerprint density at radius 2 is 2.03 bits per heavy atom. The van der Waals surface area contributed by atoms with Crippen molar-refractivity contribution in [2.45, 2.75) is 38.1 Å². The maximum atomic E-state index is 11.7. The Morgan fingerprint density at radius 3 is 2.73 bits per heavy atom. The molecule has 33 heavy (non-hydrogen) atoms. The number of benzene rings is 2. The lowest BCUT2D eigenvalue weighted by molar-refractivity contribution is -0.151. The van der Waals surface area contributed by atoms with Gasteiger partial charge in [-0.3, -0.25) is 4.79 Å². The lowest BCUT2D eigenvalue weighted by atomic mass is 9.97. The summed E-state index contributed by atoms with van der Waals surface area (Å²) in [5.74, 6) is 0.959. The van der Waals surface area contributed by atoms with E-state index in [-0.39, 0.29) is 18.8 Å². The summed E-state index contributed by atoms with van der Waals surface area (Å²) in [6, 6.07) is 13.6. The van der Waals surface area contributed by atoms with Gasteiger partial charge in [-0.05, 0) is 29.8 Å². The molecule has 3 atom stereocenters. The van der Waals surface area contributed by atoms with Crippen LogP contribution in [0.1, 0.15) is 30.5 Å². The van der Waals surface area contributed by atoms with Gasteiger partial charge in [0.05, 0.1) is 19.3 Å². The summed E-state index contributed by atoms with van der Waals surface area (Å²) >= 11 is 3.46. The van der Waals surface area contributed by atoms with Crippen LogP contribution in [0.3, 0.4) is 0 Å². The molecule has 3 rings (SSSR count). The van der Waals surface area contributed by atoms with E-state index >= 15 is 0 Å². The Hall–Kier alpha value is -2.39. The van der Waals surface area contributed by atoms with Crippen molar-refractivity contribution in [1.82, 2.24) is 5.32 Å². The maximum absolute atomic E-state index is 11.7. The number of rotatable bonds is 13. The summed E-state index contributed by atoms with van der Waals surface area (Å²) < 4.78 is 28.9. The Balaban J connectivity index is 1.77. The van der Waals surface area contributed by atoms with Gasteiger partial charge in [0.1, 0.15) is 17.6 Å². The molecule has 0 aromatic heterocycles. The number of carbonyl (C=O) groups is 1. The fourth-order valence-electron chi connectivity index (χ4n) is 3.64. The Bertz CT molecular complexity index is 920. The van der Waals surface area contributed by atoms with Crippen LogP contribution < -0.4 is 14.8 Å². The molecule has 178 valence electrons. The molecule has 2 aromatic carbocycles. The van der Waals surface area contributed by atoms with Gasteiger partial charge in [-0.1, -0.05) is 34.1 Å². The van der Waals surface area contributed by atoms with Gasteiger partial charge in [0.25, 0.3) is 0 Å². The van der Waals surface area contributed by atoms with E-state index in [4.69, 9.17) is 23.7 Å². The van der Waals surface area contributed by atoms with Gasteiger partial charge in [-0.25, -0.2) is 0 Å². The third kappa shape index (κ3) is 7.30. The standard InChI is InChI=1S/C25H30BrNO6/c1-4-5-22(32-17(2)28)25-24(27-15-18-6-8-19(26)9-7-18)21-11-10-20(14-23(21)33-25)31-16-30-13-12-29-3/h4,6-11,14,22,24-25,27H,1,5,12-13,15-16H2,2-3H3/t22-,24-,25+/m0/s1. The molecule has 0 radical (unpaired) electrons. The second-order valence-corrected chi connectivity index (χ2v) is 8.52. The van der Waals surface area contributed by atoms with Crippen molar-refractivity contribution in [3.8, 4) is 11.5 Å². The van der Waals surface area contributed by atoms with Crippen LogP contribution >= 0.6 is 15.9 Å². The highest BCUT2D eigenvalue weighted by Crippen LogP contribution is 2.41. The second-order valence-electron chi connectivity index (χ2n) is 7.60. The van der Waals surface area contributed by atoms with E-state index in [2.05, 4.69) is 40.0 Å². The predicted octanol–water partition coefficient (Wildman–Crippen LogP) is 4.55. The van der Waals surface area contributed by atoms with Crippen molar-refractivity contribution >= 4 is 21.9 Å². The summed E-state index contributed by atoms with van der Waals surface area (Å²) in [6.45, 7) is 6.91. The number of ether oxygens (including phenoxy) is 5. The van der Waals surface area contributed by atoms with Gasteiger partial charge >= 0.3 is 5.97 Å². The van der Waals surface area contributed by atoms with Crippen molar-refractivity contribution < 1.29 is 28.5 Å². The molecular weight excluding hydrogens is 490 g/mol. The smallest absolute Gasteiger partial charge is 0.303 e. The van der Waals surface area contributed by atoms with Crippen LogP contribution in [0, 0.1) is 0 Å². The molecule has 1 heterocycles. The van der Waals surface area contributed by atoms with Crippen LogP contribution in [0.5, 0.6) is 11.5 Å². The third-order valence-corrected chi connectivity index (χ3v) is 5.70. The molecule has 1 aliphatic heterocycles. The Morgan fingerprint density at radius 1 is 1.24 bits per heavy atom. The third-order valence-electron chi connectivity index (χ3n) is 5.17. The summed E-state index contributed by atoms with van der Waals surface area (Å²) in [5.41, 5.74) is 2.11. The summed E-state index contributed by atoms with van der Waals surface area (Å²) in [6.07, 6.45) is 1.32. The van der Waals surface area contributed by atoms with Crippen LogP contribution in [0.15, 0.2) is 59.6 Å². The highest BCUT2D eigenvalue weighted by Gasteiger charge is 2.41. The predicted molar refractivity (Wildman–Crippen MR) is 128 cm³/mol. The molecule has 0 fully saturated rings. The van der Waals surface area contributed by atoms with Gasteiger partial charge in [0, 0.05) is 43.1 Å². The van der Waals surface area contributed by atoms with E-state index < -0.39 is 12.2 Å². The molecule has 0 spiro atoms.